The molecular weight excluding hydrogens is 506 g/mol. The number of carbonyl (C=O) groups excluding carboxylic acids is 2. The van der Waals surface area contributed by atoms with E-state index in [9.17, 15) is 36.1 Å². The zero-order chi connectivity index (χ0) is 26.0. The zero-order valence-electron chi connectivity index (χ0n) is 17.4. The molecule has 2 amide bonds. The summed E-state index contributed by atoms with van der Waals surface area (Å²) in [6.45, 7) is -0.706. The van der Waals surface area contributed by atoms with Crippen molar-refractivity contribution in [3.8, 4) is 5.75 Å². The topological polar surface area (TPSA) is 127 Å². The molecule has 2 aliphatic rings. The van der Waals surface area contributed by atoms with Gasteiger partial charge in [0.1, 0.15) is 23.5 Å². The number of hydrogen-bond donors (Lipinski definition) is 4. The number of alkyl halides is 4. The van der Waals surface area contributed by atoms with Crippen LogP contribution in [0.2, 0.25) is 0 Å². The number of phosphoric ester groups is 1. The van der Waals surface area contributed by atoms with Gasteiger partial charge in [-0.25, -0.2) is 27.6 Å². The fourth-order valence-corrected chi connectivity index (χ4v) is 3.22. The molecule has 1 aliphatic carbocycles. The van der Waals surface area contributed by atoms with E-state index in [1.54, 1.807) is 0 Å². The highest BCUT2D eigenvalue weighted by atomic mass is 31.2. The number of hydrogen-bond acceptors (Lipinski definition) is 5. The highest BCUT2D eigenvalue weighted by molar-refractivity contribution is 7.46. The molecule has 1 aliphatic heterocycles. The third-order valence-corrected chi connectivity index (χ3v) is 5.07. The Bertz CT molecular complexity index is 1200. The molecule has 0 bridgehead atoms. The Morgan fingerprint density at radius 2 is 1.97 bits per heavy atom. The summed E-state index contributed by atoms with van der Waals surface area (Å²) >= 11 is 0. The quantitative estimate of drug-likeness (QED) is 0.319. The fraction of sp³-hybridized carbons (Fsp3) is 0.200. The number of phosphoric acid groups is 1. The molecule has 0 spiro atoms. The van der Waals surface area contributed by atoms with E-state index in [0.717, 1.165) is 30.5 Å². The van der Waals surface area contributed by atoms with Gasteiger partial charge >= 0.3 is 19.9 Å². The maximum atomic E-state index is 14.1. The van der Waals surface area contributed by atoms with Gasteiger partial charge in [0, 0.05) is 12.5 Å². The summed E-state index contributed by atoms with van der Waals surface area (Å²) in [4.78, 5) is 42.1. The van der Waals surface area contributed by atoms with E-state index >= 15 is 0 Å². The monoisotopic (exact) mass is 523 g/mol. The summed E-state index contributed by atoms with van der Waals surface area (Å²) < 4.78 is 87.1. The van der Waals surface area contributed by atoms with Gasteiger partial charge in [-0.3, -0.25) is 4.79 Å². The predicted octanol–water partition coefficient (Wildman–Crippen LogP) is 2.18. The van der Waals surface area contributed by atoms with Crippen LogP contribution in [0.25, 0.3) is 0 Å². The summed E-state index contributed by atoms with van der Waals surface area (Å²) in [6.07, 6.45) is -2.49. The molecule has 3 rings (SSSR count). The molecule has 15 heteroatoms. The van der Waals surface area contributed by atoms with Crippen LogP contribution >= 0.6 is 7.82 Å². The SMILES string of the molecule is O=C(NC1=CC(=O)[NH+](COP(=O)(O)O)C=C1)c1ccc(C(F)(F)F)cc1OC1=CC=C(F)CC1F. The molecule has 0 aromatic heterocycles. The number of ether oxygens (including phenoxy) is 1. The van der Waals surface area contributed by atoms with Crippen LogP contribution in [0.4, 0.5) is 22.0 Å². The third-order valence-electron chi connectivity index (χ3n) is 4.61. The predicted molar refractivity (Wildman–Crippen MR) is 108 cm³/mol. The summed E-state index contributed by atoms with van der Waals surface area (Å²) in [5.74, 6) is -3.72. The first-order chi connectivity index (χ1) is 16.2. The van der Waals surface area contributed by atoms with Crippen LogP contribution < -0.4 is 15.0 Å². The molecule has 0 fully saturated rings. The van der Waals surface area contributed by atoms with Crippen molar-refractivity contribution in [2.24, 2.45) is 0 Å². The van der Waals surface area contributed by atoms with Gasteiger partial charge in [-0.15, -0.1) is 0 Å². The fourth-order valence-electron chi connectivity index (χ4n) is 2.92. The van der Waals surface area contributed by atoms with Crippen LogP contribution in [0, 0.1) is 0 Å². The molecule has 2 atom stereocenters. The Balaban J connectivity index is 1.82. The molecule has 35 heavy (non-hydrogen) atoms. The number of amides is 2. The van der Waals surface area contributed by atoms with Crippen molar-refractivity contribution in [1.29, 1.82) is 0 Å². The van der Waals surface area contributed by atoms with Crippen LogP contribution in [0.1, 0.15) is 22.3 Å². The van der Waals surface area contributed by atoms with Gasteiger partial charge < -0.3 is 19.8 Å². The lowest BCUT2D eigenvalue weighted by Crippen LogP contribution is -3.10. The minimum atomic E-state index is -4.83. The molecule has 0 radical (unpaired) electrons. The lowest BCUT2D eigenvalue weighted by atomic mass is 10.1. The van der Waals surface area contributed by atoms with Crippen molar-refractivity contribution in [3.63, 3.8) is 0 Å². The second-order valence-corrected chi connectivity index (χ2v) is 8.44. The number of benzene rings is 1. The largest absolute Gasteiger partial charge is 0.474 e. The van der Waals surface area contributed by atoms with Gasteiger partial charge in [-0.1, -0.05) is 0 Å². The van der Waals surface area contributed by atoms with E-state index in [1.807, 2.05) is 0 Å². The first-order valence-electron chi connectivity index (χ1n) is 9.64. The van der Waals surface area contributed by atoms with E-state index in [-0.39, 0.29) is 10.6 Å². The van der Waals surface area contributed by atoms with Crippen molar-refractivity contribution < 1.29 is 60.1 Å². The first kappa shape index (κ1) is 26.4. The Kier molecular flexibility index (Phi) is 7.72. The highest BCUT2D eigenvalue weighted by Gasteiger charge is 2.33. The first-order valence-corrected chi connectivity index (χ1v) is 11.2. The maximum absolute atomic E-state index is 14.1. The minimum absolute atomic E-state index is 0.101. The minimum Gasteiger partial charge on any atom is -0.458 e. The van der Waals surface area contributed by atoms with E-state index in [0.29, 0.717) is 12.1 Å². The smallest absolute Gasteiger partial charge is 0.458 e. The highest BCUT2D eigenvalue weighted by Crippen LogP contribution is 2.36. The molecule has 2 unspecified atom stereocenters. The molecule has 0 saturated heterocycles. The average Bonchev–Trinajstić information content (AvgIpc) is 2.73. The molecule has 4 N–H and O–H groups in total. The number of rotatable bonds is 7. The Labute approximate surface area is 194 Å². The Morgan fingerprint density at radius 1 is 1.26 bits per heavy atom. The van der Waals surface area contributed by atoms with Gasteiger partial charge in [0.05, 0.1) is 22.9 Å². The van der Waals surface area contributed by atoms with Crippen LogP contribution in [-0.4, -0.2) is 34.5 Å². The number of nitrogens with one attached hydrogen (secondary N) is 2. The number of quaternary nitrogens is 1. The van der Waals surface area contributed by atoms with E-state index in [2.05, 4.69) is 9.84 Å². The van der Waals surface area contributed by atoms with Crippen molar-refractivity contribution in [3.05, 3.63) is 77.1 Å². The zero-order valence-corrected chi connectivity index (χ0v) is 18.3. The van der Waals surface area contributed by atoms with E-state index in [4.69, 9.17) is 14.5 Å². The molecule has 1 heterocycles. The molecule has 9 nitrogen and oxygen atoms in total. The van der Waals surface area contributed by atoms with Gasteiger partial charge in [0.25, 0.3) is 5.91 Å². The van der Waals surface area contributed by atoms with Crippen LogP contribution in [0.15, 0.2) is 66.0 Å². The van der Waals surface area contributed by atoms with E-state index < -0.39 is 73.6 Å². The van der Waals surface area contributed by atoms with Crippen molar-refractivity contribution >= 4 is 19.6 Å². The summed E-state index contributed by atoms with van der Waals surface area (Å²) in [5, 5.41) is 2.27. The molecule has 0 saturated carbocycles. The van der Waals surface area contributed by atoms with Crippen LogP contribution in [0.3, 0.4) is 0 Å². The van der Waals surface area contributed by atoms with Crippen molar-refractivity contribution in [1.82, 2.24) is 5.32 Å². The Morgan fingerprint density at radius 3 is 2.57 bits per heavy atom. The second kappa shape index (κ2) is 10.2. The lowest BCUT2D eigenvalue weighted by Gasteiger charge is -2.20. The van der Waals surface area contributed by atoms with Gasteiger partial charge in [0.2, 0.25) is 6.73 Å². The van der Waals surface area contributed by atoms with Gasteiger partial charge in [-0.05, 0) is 30.4 Å². The Hall–Kier alpha value is -3.16. The van der Waals surface area contributed by atoms with Crippen LogP contribution in [0.5, 0.6) is 5.75 Å². The molecule has 1 aromatic rings. The third kappa shape index (κ3) is 7.16. The number of halogens is 5. The maximum Gasteiger partial charge on any atom is 0.474 e. The molecular formula is C20H17F5N2O7P+. The van der Waals surface area contributed by atoms with Crippen molar-refractivity contribution in [2.45, 2.75) is 18.8 Å². The normalized spacial score (nSPS) is 20.7. The number of carbonyl (C=O) groups is 2. The van der Waals surface area contributed by atoms with Crippen LogP contribution in [-0.2, 0) is 20.1 Å². The van der Waals surface area contributed by atoms with E-state index in [1.165, 1.54) is 6.08 Å². The summed E-state index contributed by atoms with van der Waals surface area (Å²) in [5.41, 5.74) is -1.73. The van der Waals surface area contributed by atoms with Crippen molar-refractivity contribution in [2.75, 3.05) is 6.73 Å². The summed E-state index contributed by atoms with van der Waals surface area (Å²) in [7, 11) is -4.83. The second-order valence-electron chi connectivity index (χ2n) is 7.21. The molecule has 188 valence electrons. The standard InChI is InChI=1S/C20H16F5N2O7P/c21-12-2-4-16(15(22)8-12)34-17-7-11(20(23,24)25)1-3-14(17)19(29)26-13-5-6-27(18(28)9-13)10-33-35(30,31)32/h1-7,9,15H,8,10H2,(H,26,29)(H2,30,31,32)/p+1. The van der Waals surface area contributed by atoms with Gasteiger partial charge in [0.15, 0.2) is 6.17 Å². The van der Waals surface area contributed by atoms with Gasteiger partial charge in [-0.2, -0.15) is 13.2 Å². The summed E-state index contributed by atoms with van der Waals surface area (Å²) in [6, 6.07) is 1.88. The average molecular weight is 523 g/mol. The lowest BCUT2D eigenvalue weighted by molar-refractivity contribution is -0.782. The number of allylic oxidation sites excluding steroid dienone is 5. The molecule has 1 aromatic carbocycles.